The van der Waals surface area contributed by atoms with E-state index in [1.54, 1.807) is 19.1 Å². The molecule has 1 heterocycles. The van der Waals surface area contributed by atoms with Crippen molar-refractivity contribution in [1.82, 2.24) is 10.2 Å². The molecular weight excluding hydrogens is 636 g/mol. The zero-order valence-corrected chi connectivity index (χ0v) is 30.6. The zero-order chi connectivity index (χ0) is 34.9. The molecule has 1 aromatic rings. The number of unbranched alkanes of at least 4 members (excludes halogenated alkanes) is 1. The summed E-state index contributed by atoms with van der Waals surface area (Å²) in [5.74, 6) is 4.34. The number of alkyl carbamates (subject to hydrolysis) is 1. The highest BCUT2D eigenvalue weighted by Crippen LogP contribution is 2.46. The Hall–Kier alpha value is -2.45. The number of thioether (sulfide) groups is 1. The van der Waals surface area contributed by atoms with E-state index in [1.165, 1.54) is 31.4 Å². The summed E-state index contributed by atoms with van der Waals surface area (Å²) in [5, 5.41) is 3.35. The van der Waals surface area contributed by atoms with Crippen molar-refractivity contribution in [3.63, 3.8) is 0 Å². The molecule has 12 nitrogen and oxygen atoms in total. The molecule has 48 heavy (non-hydrogen) atoms. The van der Waals surface area contributed by atoms with Crippen LogP contribution in [0, 0.1) is 11.8 Å². The van der Waals surface area contributed by atoms with Crippen LogP contribution in [-0.4, -0.2) is 106 Å². The van der Waals surface area contributed by atoms with Crippen LogP contribution in [0.2, 0.25) is 0 Å². The van der Waals surface area contributed by atoms with Gasteiger partial charge in [0.1, 0.15) is 22.8 Å². The SMILES string of the molecule is COc1cc(OC[C@@H]2CCCCC3CSC32)cc(OC)c1CN(CCOCCOCCNC(=O)OC(C)(C)C)C(=O)C(N)CCCCN. The molecule has 0 spiro atoms. The van der Waals surface area contributed by atoms with Gasteiger partial charge in [0.05, 0.1) is 65.4 Å². The number of ether oxygens (including phenoxy) is 6. The van der Waals surface area contributed by atoms with Gasteiger partial charge in [-0.1, -0.05) is 19.3 Å². The number of fused-ring (bicyclic) bond motifs is 1. The lowest BCUT2D eigenvalue weighted by Gasteiger charge is -2.39. The Bertz CT molecular complexity index is 1100. The quantitative estimate of drug-likeness (QED) is 0.157. The number of amides is 2. The summed E-state index contributed by atoms with van der Waals surface area (Å²) in [6.07, 6.45) is 6.75. The Morgan fingerprint density at radius 2 is 1.71 bits per heavy atom. The lowest BCUT2D eigenvalue weighted by Crippen LogP contribution is -2.45. The monoisotopic (exact) mass is 696 g/mol. The van der Waals surface area contributed by atoms with E-state index in [4.69, 9.17) is 39.9 Å². The van der Waals surface area contributed by atoms with Crippen molar-refractivity contribution in [3.05, 3.63) is 17.7 Å². The molecule has 2 fully saturated rings. The topological polar surface area (TPSA) is 157 Å². The number of benzene rings is 1. The van der Waals surface area contributed by atoms with Gasteiger partial charge in [0.2, 0.25) is 5.91 Å². The molecule has 274 valence electrons. The van der Waals surface area contributed by atoms with Crippen molar-refractivity contribution in [2.45, 2.75) is 89.2 Å². The minimum absolute atomic E-state index is 0.176. The van der Waals surface area contributed by atoms with Gasteiger partial charge in [-0.25, -0.2) is 4.79 Å². The molecule has 0 bridgehead atoms. The van der Waals surface area contributed by atoms with Crippen molar-refractivity contribution in [1.29, 1.82) is 0 Å². The van der Waals surface area contributed by atoms with E-state index < -0.39 is 17.7 Å². The van der Waals surface area contributed by atoms with E-state index >= 15 is 0 Å². The minimum Gasteiger partial charge on any atom is -0.496 e. The lowest BCUT2D eigenvalue weighted by atomic mass is 9.93. The van der Waals surface area contributed by atoms with Gasteiger partial charge in [-0.05, 0) is 64.7 Å². The number of nitrogens with two attached hydrogens (primary N) is 2. The molecule has 3 rings (SSSR count). The number of rotatable bonds is 21. The number of hydrogen-bond acceptors (Lipinski definition) is 11. The maximum atomic E-state index is 13.6. The highest BCUT2D eigenvalue weighted by atomic mass is 32.2. The molecule has 3 unspecified atom stereocenters. The van der Waals surface area contributed by atoms with Crippen LogP contribution in [0.1, 0.15) is 71.3 Å². The maximum absolute atomic E-state index is 13.6. The fourth-order valence-corrected chi connectivity index (χ4v) is 7.51. The van der Waals surface area contributed by atoms with E-state index in [0.29, 0.717) is 80.9 Å². The van der Waals surface area contributed by atoms with E-state index in [-0.39, 0.29) is 19.1 Å². The average molecular weight is 697 g/mol. The summed E-state index contributed by atoms with van der Waals surface area (Å²) >= 11 is 2.08. The van der Waals surface area contributed by atoms with Gasteiger partial charge < -0.3 is 50.1 Å². The van der Waals surface area contributed by atoms with Crippen LogP contribution in [0.4, 0.5) is 4.79 Å². The van der Waals surface area contributed by atoms with Crippen LogP contribution < -0.4 is 31.0 Å². The molecule has 5 N–H and O–H groups in total. The van der Waals surface area contributed by atoms with Crippen LogP contribution in [-0.2, 0) is 25.5 Å². The first-order valence-electron chi connectivity index (χ1n) is 17.4. The van der Waals surface area contributed by atoms with Crippen molar-refractivity contribution in [2.75, 3.05) is 72.6 Å². The normalized spacial score (nSPS) is 19.7. The molecule has 1 aliphatic heterocycles. The summed E-state index contributed by atoms with van der Waals surface area (Å²) in [5.41, 5.74) is 12.2. The number of nitrogens with one attached hydrogen (secondary N) is 1. The van der Waals surface area contributed by atoms with Crippen LogP contribution in [0.15, 0.2) is 12.1 Å². The summed E-state index contributed by atoms with van der Waals surface area (Å²) in [6, 6.07) is 3.11. The van der Waals surface area contributed by atoms with Gasteiger partial charge in [0.25, 0.3) is 0 Å². The van der Waals surface area contributed by atoms with Gasteiger partial charge in [0.15, 0.2) is 0 Å². The van der Waals surface area contributed by atoms with Gasteiger partial charge in [-0.3, -0.25) is 4.79 Å². The van der Waals surface area contributed by atoms with Gasteiger partial charge in [-0.15, -0.1) is 0 Å². The summed E-state index contributed by atoms with van der Waals surface area (Å²) < 4.78 is 34.5. The summed E-state index contributed by atoms with van der Waals surface area (Å²) in [7, 11) is 3.22. The smallest absolute Gasteiger partial charge is 0.407 e. The largest absolute Gasteiger partial charge is 0.496 e. The average Bonchev–Trinajstić information content (AvgIpc) is 3.17. The molecule has 1 saturated carbocycles. The predicted octanol–water partition coefficient (Wildman–Crippen LogP) is 4.35. The fourth-order valence-electron chi connectivity index (χ4n) is 6.03. The van der Waals surface area contributed by atoms with Crippen molar-refractivity contribution < 1.29 is 38.0 Å². The third kappa shape index (κ3) is 13.5. The van der Waals surface area contributed by atoms with E-state index in [1.807, 2.05) is 32.9 Å². The molecule has 0 radical (unpaired) electrons. The lowest BCUT2D eigenvalue weighted by molar-refractivity contribution is -0.134. The van der Waals surface area contributed by atoms with Gasteiger partial charge in [0, 0.05) is 36.4 Å². The van der Waals surface area contributed by atoms with E-state index in [9.17, 15) is 9.59 Å². The number of carbonyl (C=O) groups is 2. The standard InChI is InChI=1S/C35H60N4O8S/c1-35(2,3)47-34(41)38-14-16-44-18-19-45-17-15-39(33(40)29(37)12-8-9-13-36)22-28-30(42-4)20-27(21-31(28)43-5)46-23-25-10-6-7-11-26-24-48-32(25)26/h20-21,25-26,29,32H,6-19,22-24,36-37H2,1-5H3,(H,38,41)/t25-,26?,29?,32?/m0/s1. The maximum Gasteiger partial charge on any atom is 0.407 e. The summed E-state index contributed by atoms with van der Waals surface area (Å²) in [4.78, 5) is 27.0. The fraction of sp³-hybridized carbons (Fsp3) is 0.771. The van der Waals surface area contributed by atoms with Crippen LogP contribution in [0.5, 0.6) is 17.2 Å². The molecule has 13 heteroatoms. The first-order chi connectivity index (χ1) is 23.1. The molecule has 1 aliphatic carbocycles. The zero-order valence-electron chi connectivity index (χ0n) is 29.8. The molecule has 4 atom stereocenters. The highest BCUT2D eigenvalue weighted by Gasteiger charge is 2.39. The highest BCUT2D eigenvalue weighted by molar-refractivity contribution is 8.01. The second-order valence-electron chi connectivity index (χ2n) is 13.5. The number of hydrogen-bond donors (Lipinski definition) is 3. The van der Waals surface area contributed by atoms with Crippen LogP contribution in [0.25, 0.3) is 0 Å². The van der Waals surface area contributed by atoms with Crippen molar-refractivity contribution in [3.8, 4) is 17.2 Å². The molecule has 2 aliphatic rings. The number of nitrogens with zero attached hydrogens (tertiary/aromatic N) is 1. The number of carbonyl (C=O) groups excluding carboxylic acids is 2. The Morgan fingerprint density at radius 1 is 1.02 bits per heavy atom. The number of methoxy groups -OCH3 is 2. The third-order valence-electron chi connectivity index (χ3n) is 8.62. The Morgan fingerprint density at radius 3 is 2.33 bits per heavy atom. The second kappa shape index (κ2) is 20.9. The Labute approximate surface area is 291 Å². The minimum atomic E-state index is -0.662. The predicted molar refractivity (Wildman–Crippen MR) is 189 cm³/mol. The summed E-state index contributed by atoms with van der Waals surface area (Å²) in [6.45, 7) is 8.81. The molecular formula is C35H60N4O8S. The second-order valence-corrected chi connectivity index (χ2v) is 14.7. The van der Waals surface area contributed by atoms with Crippen LogP contribution >= 0.6 is 11.8 Å². The van der Waals surface area contributed by atoms with Crippen molar-refractivity contribution >= 4 is 23.8 Å². The van der Waals surface area contributed by atoms with E-state index in [2.05, 4.69) is 17.1 Å². The molecule has 1 aromatic carbocycles. The third-order valence-corrected chi connectivity index (χ3v) is 10.4. The van der Waals surface area contributed by atoms with E-state index in [0.717, 1.165) is 24.3 Å². The first-order valence-corrected chi connectivity index (χ1v) is 18.5. The molecule has 1 saturated heterocycles. The Kier molecular flexibility index (Phi) is 17.4. The van der Waals surface area contributed by atoms with Crippen molar-refractivity contribution in [2.24, 2.45) is 23.3 Å². The molecule has 2 amide bonds. The van der Waals surface area contributed by atoms with Crippen LogP contribution in [0.3, 0.4) is 0 Å². The van der Waals surface area contributed by atoms with Gasteiger partial charge >= 0.3 is 6.09 Å². The first kappa shape index (κ1) is 40.0. The molecule has 0 aromatic heterocycles. The van der Waals surface area contributed by atoms with Gasteiger partial charge in [-0.2, -0.15) is 11.8 Å². The Balaban J connectivity index is 1.57.